The number of anilines is 2. The summed E-state index contributed by atoms with van der Waals surface area (Å²) in [7, 11) is -2.30. The van der Waals surface area contributed by atoms with Crippen LogP contribution in [0.5, 0.6) is 0 Å². The highest BCUT2D eigenvalue weighted by molar-refractivity contribution is 9.10. The van der Waals surface area contributed by atoms with Gasteiger partial charge in [0.15, 0.2) is 0 Å². The van der Waals surface area contributed by atoms with E-state index in [0.29, 0.717) is 28.4 Å². The lowest BCUT2D eigenvalue weighted by Crippen LogP contribution is -2.26. The molecule has 1 aliphatic rings. The number of halogens is 1. The van der Waals surface area contributed by atoms with Crippen molar-refractivity contribution in [3.63, 3.8) is 0 Å². The van der Waals surface area contributed by atoms with Crippen molar-refractivity contribution < 1.29 is 13.5 Å². The lowest BCUT2D eigenvalue weighted by atomic mass is 9.88. The number of imidazole rings is 1. The van der Waals surface area contributed by atoms with Gasteiger partial charge in [-0.3, -0.25) is 4.31 Å². The molecule has 4 rings (SSSR count). The first-order chi connectivity index (χ1) is 17.0. The van der Waals surface area contributed by atoms with Crippen molar-refractivity contribution in [3.05, 3.63) is 40.8 Å². The summed E-state index contributed by atoms with van der Waals surface area (Å²) in [4.78, 5) is 9.28. The summed E-state index contributed by atoms with van der Waals surface area (Å²) in [6.07, 6.45) is 7.73. The van der Waals surface area contributed by atoms with Gasteiger partial charge in [0, 0.05) is 31.7 Å². The van der Waals surface area contributed by atoms with Gasteiger partial charge in [-0.25, -0.2) is 18.4 Å². The molecule has 0 aliphatic heterocycles. The van der Waals surface area contributed by atoms with E-state index in [2.05, 4.69) is 51.6 Å². The van der Waals surface area contributed by atoms with Crippen LogP contribution in [-0.2, 0) is 22.0 Å². The number of nitrogens with zero attached hydrogens (tertiary/aromatic N) is 4. The highest BCUT2D eigenvalue weighted by Gasteiger charge is 2.27. The van der Waals surface area contributed by atoms with E-state index in [1.165, 1.54) is 48.7 Å². The molecule has 1 fully saturated rings. The first kappa shape index (κ1) is 26.9. The van der Waals surface area contributed by atoms with Gasteiger partial charge >= 0.3 is 0 Å². The van der Waals surface area contributed by atoms with Crippen LogP contribution in [0, 0.1) is 5.92 Å². The van der Waals surface area contributed by atoms with Gasteiger partial charge in [-0.2, -0.15) is 0 Å². The van der Waals surface area contributed by atoms with E-state index in [1.54, 1.807) is 7.05 Å². The molecule has 0 saturated heterocycles. The minimum atomic E-state index is -3.85. The third kappa shape index (κ3) is 5.55. The fourth-order valence-corrected chi connectivity index (χ4v) is 6.66. The molecule has 1 aliphatic carbocycles. The quantitative estimate of drug-likeness (QED) is 0.376. The monoisotopic (exact) mass is 577 g/mol. The standard InChI is InChI=1S/C26H36BrN5O3S/c1-26(2,3)25-30-22-14-19(10-11-23(22)32(25)17-18-8-6-5-7-9-18)31(4)36(34,35)20-15-21(27)24(29-16-20)28-12-13-33/h10-11,14-16,18,33H,5-9,12-13,17H2,1-4H3,(H,28,29). The van der Waals surface area contributed by atoms with Crippen LogP contribution in [0.15, 0.2) is 39.8 Å². The Labute approximate surface area is 222 Å². The second kappa shape index (κ2) is 10.7. The maximum atomic E-state index is 13.4. The number of sulfonamides is 1. The topological polar surface area (TPSA) is 100 Å². The van der Waals surface area contributed by atoms with E-state index in [1.807, 2.05) is 18.2 Å². The van der Waals surface area contributed by atoms with Crippen molar-refractivity contribution in [3.8, 4) is 0 Å². The summed E-state index contributed by atoms with van der Waals surface area (Å²) in [6.45, 7) is 7.74. The highest BCUT2D eigenvalue weighted by Crippen LogP contribution is 2.34. The maximum Gasteiger partial charge on any atom is 0.265 e. The number of rotatable bonds is 8. The molecule has 1 aromatic carbocycles. The average Bonchev–Trinajstić information content (AvgIpc) is 3.21. The minimum Gasteiger partial charge on any atom is -0.395 e. The fourth-order valence-electron chi connectivity index (χ4n) is 4.86. The van der Waals surface area contributed by atoms with E-state index >= 15 is 0 Å². The van der Waals surface area contributed by atoms with Gasteiger partial charge in [-0.1, -0.05) is 40.0 Å². The van der Waals surface area contributed by atoms with E-state index in [4.69, 9.17) is 10.1 Å². The number of pyridine rings is 1. The zero-order chi connectivity index (χ0) is 26.1. The number of aliphatic hydroxyl groups excluding tert-OH is 1. The largest absolute Gasteiger partial charge is 0.395 e. The molecule has 8 nitrogen and oxygen atoms in total. The third-order valence-corrected chi connectivity index (χ3v) is 9.17. The molecule has 1 saturated carbocycles. The van der Waals surface area contributed by atoms with Crippen molar-refractivity contribution in [2.45, 2.75) is 69.7 Å². The van der Waals surface area contributed by atoms with Crippen LogP contribution in [0.3, 0.4) is 0 Å². The van der Waals surface area contributed by atoms with Gasteiger partial charge < -0.3 is 15.0 Å². The summed E-state index contributed by atoms with van der Waals surface area (Å²) >= 11 is 3.38. The lowest BCUT2D eigenvalue weighted by Gasteiger charge is -2.26. The van der Waals surface area contributed by atoms with Gasteiger partial charge in [0.1, 0.15) is 16.5 Å². The van der Waals surface area contributed by atoms with Crippen molar-refractivity contribution >= 4 is 48.5 Å². The number of hydrogen-bond acceptors (Lipinski definition) is 6. The molecule has 0 radical (unpaired) electrons. The summed E-state index contributed by atoms with van der Waals surface area (Å²) < 4.78 is 31.0. The molecule has 3 aromatic rings. The summed E-state index contributed by atoms with van der Waals surface area (Å²) in [6, 6.07) is 7.23. The number of benzene rings is 1. The molecule has 2 aromatic heterocycles. The van der Waals surface area contributed by atoms with Crippen LogP contribution in [0.2, 0.25) is 0 Å². The Balaban J connectivity index is 1.67. The summed E-state index contributed by atoms with van der Waals surface area (Å²) in [5.74, 6) is 2.16. The van der Waals surface area contributed by atoms with Crippen LogP contribution in [0.4, 0.5) is 11.5 Å². The van der Waals surface area contributed by atoms with Crippen LogP contribution in [0.25, 0.3) is 11.0 Å². The SMILES string of the molecule is CN(c1ccc2c(c1)nc(C(C)(C)C)n2CC1CCCCC1)S(=O)(=O)c1cnc(NCCO)c(Br)c1. The highest BCUT2D eigenvalue weighted by atomic mass is 79.9. The molecular formula is C26H36BrN5O3S. The van der Waals surface area contributed by atoms with Crippen LogP contribution >= 0.6 is 15.9 Å². The Kier molecular flexibility index (Phi) is 7.97. The predicted octanol–water partition coefficient (Wildman–Crippen LogP) is 5.30. The summed E-state index contributed by atoms with van der Waals surface area (Å²) in [5.41, 5.74) is 2.26. The van der Waals surface area contributed by atoms with Crippen molar-refractivity contribution in [2.75, 3.05) is 29.8 Å². The van der Waals surface area contributed by atoms with Crippen LogP contribution < -0.4 is 9.62 Å². The lowest BCUT2D eigenvalue weighted by molar-refractivity contribution is 0.311. The van der Waals surface area contributed by atoms with Crippen molar-refractivity contribution in [2.24, 2.45) is 5.92 Å². The zero-order valence-corrected chi connectivity index (χ0v) is 23.9. The predicted molar refractivity (Wildman–Crippen MR) is 148 cm³/mol. The van der Waals surface area contributed by atoms with E-state index in [9.17, 15) is 8.42 Å². The Morgan fingerprint density at radius 3 is 2.56 bits per heavy atom. The number of hydrogen-bond donors (Lipinski definition) is 2. The summed E-state index contributed by atoms with van der Waals surface area (Å²) in [5, 5.41) is 12.0. The average molecular weight is 579 g/mol. The number of nitrogens with one attached hydrogen (secondary N) is 1. The van der Waals surface area contributed by atoms with Gasteiger partial charge in [-0.15, -0.1) is 0 Å². The normalized spacial score (nSPS) is 15.4. The van der Waals surface area contributed by atoms with Gasteiger partial charge in [0.05, 0.1) is 27.8 Å². The maximum absolute atomic E-state index is 13.4. The minimum absolute atomic E-state index is 0.0489. The Morgan fingerprint density at radius 1 is 1.19 bits per heavy atom. The third-order valence-electron chi connectivity index (χ3n) is 6.81. The van der Waals surface area contributed by atoms with Crippen LogP contribution in [0.1, 0.15) is 58.7 Å². The fraction of sp³-hybridized carbons (Fsp3) is 0.538. The molecular weight excluding hydrogens is 542 g/mol. The van der Waals surface area contributed by atoms with E-state index < -0.39 is 10.0 Å². The second-order valence-corrected chi connectivity index (χ2v) is 13.4. The van der Waals surface area contributed by atoms with Crippen molar-refractivity contribution in [1.29, 1.82) is 0 Å². The zero-order valence-electron chi connectivity index (χ0n) is 21.5. The molecule has 2 N–H and O–H groups in total. The Hall–Kier alpha value is -2.17. The van der Waals surface area contributed by atoms with E-state index in [-0.39, 0.29) is 16.9 Å². The molecule has 0 atom stereocenters. The Morgan fingerprint density at radius 2 is 1.92 bits per heavy atom. The Bertz CT molecular complexity index is 1330. The smallest absolute Gasteiger partial charge is 0.265 e. The van der Waals surface area contributed by atoms with E-state index in [0.717, 1.165) is 23.4 Å². The molecule has 0 bridgehead atoms. The molecule has 36 heavy (non-hydrogen) atoms. The second-order valence-electron chi connectivity index (χ2n) is 10.6. The molecule has 196 valence electrons. The van der Waals surface area contributed by atoms with Gasteiger partial charge in [-0.05, 0) is 59.0 Å². The van der Waals surface area contributed by atoms with Crippen molar-refractivity contribution in [1.82, 2.24) is 14.5 Å². The number of aliphatic hydroxyl groups is 1. The molecule has 2 heterocycles. The molecule has 0 spiro atoms. The van der Waals surface area contributed by atoms with Crippen LogP contribution in [-0.4, -0.2) is 48.3 Å². The number of aromatic nitrogens is 3. The molecule has 0 unspecified atom stereocenters. The van der Waals surface area contributed by atoms with Gasteiger partial charge in [0.25, 0.3) is 10.0 Å². The number of fused-ring (bicyclic) bond motifs is 1. The first-order valence-electron chi connectivity index (χ1n) is 12.5. The molecule has 0 amide bonds. The molecule has 10 heteroatoms. The van der Waals surface area contributed by atoms with Gasteiger partial charge in [0.2, 0.25) is 0 Å². The first-order valence-corrected chi connectivity index (χ1v) is 14.8.